The first kappa shape index (κ1) is 18.2. The normalized spacial score (nSPS) is 12.8. The zero-order valence-electron chi connectivity index (χ0n) is 14.1. The van der Waals surface area contributed by atoms with Gasteiger partial charge in [-0.25, -0.2) is 4.39 Å². The number of amides is 1. The first-order valence-electron chi connectivity index (χ1n) is 8.10. The number of fused-ring (bicyclic) bond motifs is 1. The maximum atomic E-state index is 13.1. The highest BCUT2D eigenvalue weighted by Crippen LogP contribution is 2.31. The zero-order chi connectivity index (χ0) is 18.5. The van der Waals surface area contributed by atoms with Gasteiger partial charge in [-0.1, -0.05) is 11.8 Å². The molecule has 1 aliphatic rings. The van der Waals surface area contributed by atoms with Crippen molar-refractivity contribution in [1.29, 1.82) is 0 Å². The van der Waals surface area contributed by atoms with Gasteiger partial charge in [0, 0.05) is 18.8 Å². The summed E-state index contributed by atoms with van der Waals surface area (Å²) in [6, 6.07) is 6.18. The van der Waals surface area contributed by atoms with Crippen LogP contribution in [0.25, 0.3) is 0 Å². The van der Waals surface area contributed by atoms with Crippen molar-refractivity contribution in [3.63, 3.8) is 0 Å². The minimum Gasteiger partial charge on any atom is -0.465 e. The van der Waals surface area contributed by atoms with E-state index in [2.05, 4.69) is 15.5 Å². The largest absolute Gasteiger partial charge is 0.465 e. The van der Waals surface area contributed by atoms with Gasteiger partial charge >= 0.3 is 5.97 Å². The number of esters is 1. The van der Waals surface area contributed by atoms with Crippen molar-refractivity contribution in [2.24, 2.45) is 0 Å². The third-order valence-corrected chi connectivity index (χ3v) is 4.66. The Morgan fingerprint density at radius 1 is 1.27 bits per heavy atom. The molecule has 0 fully saturated rings. The van der Waals surface area contributed by atoms with Crippen LogP contribution in [0.3, 0.4) is 0 Å². The van der Waals surface area contributed by atoms with Gasteiger partial charge in [0.15, 0.2) is 5.16 Å². The lowest BCUT2D eigenvalue weighted by molar-refractivity contribution is -0.143. The molecule has 1 amide bonds. The second-order valence-electron chi connectivity index (χ2n) is 5.43. The molecule has 2 aromatic rings. The number of ether oxygens (including phenoxy) is 1. The van der Waals surface area contributed by atoms with E-state index in [9.17, 15) is 14.0 Å². The number of carbonyl (C=O) groups excluding carboxylic acids is 2. The maximum Gasteiger partial charge on any atom is 0.325 e. The third kappa shape index (κ3) is 4.13. The number of nitrogens with one attached hydrogen (secondary N) is 1. The Morgan fingerprint density at radius 3 is 2.77 bits per heavy atom. The van der Waals surface area contributed by atoms with Gasteiger partial charge in [-0.15, -0.1) is 10.2 Å². The Bertz CT molecular complexity index is 796. The Labute approximate surface area is 153 Å². The average Bonchev–Trinajstić information content (AvgIpc) is 3.21. The molecule has 10 heteroatoms. The number of aromatic nitrogens is 3. The van der Waals surface area contributed by atoms with E-state index >= 15 is 0 Å². The number of benzene rings is 1. The molecule has 0 atom stereocenters. The highest BCUT2D eigenvalue weighted by molar-refractivity contribution is 7.99. The Balaban J connectivity index is 1.57. The maximum absolute atomic E-state index is 13.1. The molecule has 0 aliphatic carbocycles. The number of thioether (sulfide) groups is 1. The molecule has 1 aromatic heterocycles. The molecule has 0 radical (unpaired) electrons. The SMILES string of the molecule is CCOC(=O)CNC(=O)CSc1nnc2n1CCN2c1ccc(F)cc1. The van der Waals surface area contributed by atoms with E-state index in [1.807, 2.05) is 9.47 Å². The van der Waals surface area contributed by atoms with Crippen molar-refractivity contribution in [2.45, 2.75) is 18.6 Å². The van der Waals surface area contributed by atoms with Crippen LogP contribution in [0.2, 0.25) is 0 Å². The number of halogens is 1. The van der Waals surface area contributed by atoms with E-state index in [4.69, 9.17) is 4.74 Å². The van der Waals surface area contributed by atoms with Crippen LogP contribution < -0.4 is 10.2 Å². The molecule has 0 bridgehead atoms. The predicted molar refractivity (Wildman–Crippen MR) is 93.8 cm³/mol. The lowest BCUT2D eigenvalue weighted by Gasteiger charge is -2.14. The lowest BCUT2D eigenvalue weighted by Crippen LogP contribution is -2.31. The van der Waals surface area contributed by atoms with E-state index < -0.39 is 5.97 Å². The summed E-state index contributed by atoms with van der Waals surface area (Å²) >= 11 is 1.24. The van der Waals surface area contributed by atoms with Gasteiger partial charge in [0.1, 0.15) is 12.4 Å². The van der Waals surface area contributed by atoms with E-state index in [1.165, 1.54) is 23.9 Å². The fraction of sp³-hybridized carbons (Fsp3) is 0.375. The second kappa shape index (κ2) is 8.17. The first-order chi connectivity index (χ1) is 12.6. The highest BCUT2D eigenvalue weighted by Gasteiger charge is 2.26. The van der Waals surface area contributed by atoms with Crippen LogP contribution >= 0.6 is 11.8 Å². The molecule has 138 valence electrons. The summed E-state index contributed by atoms with van der Waals surface area (Å²) in [6.07, 6.45) is 0. The molecule has 1 aliphatic heterocycles. The molecule has 8 nitrogen and oxygen atoms in total. The zero-order valence-corrected chi connectivity index (χ0v) is 15.0. The van der Waals surface area contributed by atoms with Gasteiger partial charge in [0.25, 0.3) is 0 Å². The molecule has 3 rings (SSSR count). The fourth-order valence-electron chi connectivity index (χ4n) is 2.51. The number of nitrogens with zero attached hydrogens (tertiary/aromatic N) is 4. The summed E-state index contributed by atoms with van der Waals surface area (Å²) in [5.74, 6) is -0.267. The first-order valence-corrected chi connectivity index (χ1v) is 9.08. The highest BCUT2D eigenvalue weighted by atomic mass is 32.2. The van der Waals surface area contributed by atoms with Gasteiger partial charge in [-0.05, 0) is 31.2 Å². The molecule has 0 spiro atoms. The van der Waals surface area contributed by atoms with Gasteiger partial charge in [-0.3, -0.25) is 14.2 Å². The molecule has 2 heterocycles. The molecule has 0 saturated heterocycles. The third-order valence-electron chi connectivity index (χ3n) is 3.69. The van der Waals surface area contributed by atoms with Crippen molar-refractivity contribution in [3.05, 3.63) is 30.1 Å². The van der Waals surface area contributed by atoms with Crippen LogP contribution in [0.15, 0.2) is 29.4 Å². The number of rotatable bonds is 7. The molecule has 0 unspecified atom stereocenters. The Kier molecular flexibility index (Phi) is 5.71. The van der Waals surface area contributed by atoms with E-state index in [0.29, 0.717) is 24.2 Å². The lowest BCUT2D eigenvalue weighted by atomic mass is 10.3. The van der Waals surface area contributed by atoms with Crippen molar-refractivity contribution in [3.8, 4) is 0 Å². The van der Waals surface area contributed by atoms with Crippen molar-refractivity contribution in [1.82, 2.24) is 20.1 Å². The monoisotopic (exact) mass is 379 g/mol. The number of hydrogen-bond acceptors (Lipinski definition) is 7. The van der Waals surface area contributed by atoms with Gasteiger partial charge in [0.2, 0.25) is 11.9 Å². The van der Waals surface area contributed by atoms with Crippen LogP contribution in [-0.4, -0.2) is 52.1 Å². The summed E-state index contributed by atoms with van der Waals surface area (Å²) in [5, 5.41) is 11.4. The molecule has 1 aromatic carbocycles. The van der Waals surface area contributed by atoms with Crippen LogP contribution in [0.5, 0.6) is 0 Å². The van der Waals surface area contributed by atoms with Gasteiger partial charge in [0.05, 0.1) is 12.4 Å². The average molecular weight is 379 g/mol. The van der Waals surface area contributed by atoms with Crippen LogP contribution in [0, 0.1) is 5.82 Å². The summed E-state index contributed by atoms with van der Waals surface area (Å²) in [5.41, 5.74) is 0.835. The Hall–Kier alpha value is -2.62. The van der Waals surface area contributed by atoms with Crippen LogP contribution in [0.1, 0.15) is 6.92 Å². The number of hydrogen-bond donors (Lipinski definition) is 1. The second-order valence-corrected chi connectivity index (χ2v) is 6.38. The van der Waals surface area contributed by atoms with Gasteiger partial charge < -0.3 is 15.0 Å². The van der Waals surface area contributed by atoms with Crippen molar-refractivity contribution in [2.75, 3.05) is 30.3 Å². The van der Waals surface area contributed by atoms with Crippen LogP contribution in [0.4, 0.5) is 16.0 Å². The van der Waals surface area contributed by atoms with E-state index in [0.717, 1.165) is 5.69 Å². The Morgan fingerprint density at radius 2 is 2.04 bits per heavy atom. The molecule has 0 saturated carbocycles. The molecular formula is C16H18FN5O3S. The van der Waals surface area contributed by atoms with Crippen LogP contribution in [-0.2, 0) is 20.9 Å². The number of anilines is 2. The summed E-state index contributed by atoms with van der Waals surface area (Å²) in [4.78, 5) is 25.0. The molecule has 26 heavy (non-hydrogen) atoms. The standard InChI is InChI=1S/C16H18FN5O3S/c1-2-25-14(24)9-18-13(23)10-26-16-20-19-15-21(7-8-22(15)16)12-5-3-11(17)4-6-12/h3-6H,2,7-10H2,1H3,(H,18,23). The predicted octanol–water partition coefficient (Wildman–Crippen LogP) is 1.34. The molecular weight excluding hydrogens is 361 g/mol. The summed E-state index contributed by atoms with van der Waals surface area (Å²) in [6.45, 7) is 3.20. The summed E-state index contributed by atoms with van der Waals surface area (Å²) in [7, 11) is 0. The van der Waals surface area contributed by atoms with Gasteiger partial charge in [-0.2, -0.15) is 0 Å². The fourth-order valence-corrected chi connectivity index (χ4v) is 3.30. The number of carbonyl (C=O) groups is 2. The van der Waals surface area contributed by atoms with E-state index in [-0.39, 0.29) is 30.6 Å². The van der Waals surface area contributed by atoms with Crippen molar-refractivity contribution < 1.29 is 18.7 Å². The molecule has 1 N–H and O–H groups in total. The van der Waals surface area contributed by atoms with E-state index in [1.54, 1.807) is 19.1 Å². The summed E-state index contributed by atoms with van der Waals surface area (Å²) < 4.78 is 19.7. The van der Waals surface area contributed by atoms with Crippen molar-refractivity contribution >= 4 is 35.3 Å². The quantitative estimate of drug-likeness (QED) is 0.574. The minimum absolute atomic E-state index is 0.119. The minimum atomic E-state index is -0.468. The topological polar surface area (TPSA) is 89.3 Å². The smallest absolute Gasteiger partial charge is 0.325 e.